The summed E-state index contributed by atoms with van der Waals surface area (Å²) in [5.41, 5.74) is 1.57. The van der Waals surface area contributed by atoms with E-state index < -0.39 is 20.5 Å². The molecule has 1 aromatic carbocycles. The van der Waals surface area contributed by atoms with Crippen LogP contribution in [0.1, 0.15) is 5.56 Å². The van der Waals surface area contributed by atoms with Crippen LogP contribution in [-0.2, 0) is 9.59 Å². The summed E-state index contributed by atoms with van der Waals surface area (Å²) in [5, 5.41) is 0. The average Bonchev–Trinajstić information content (AvgIpc) is 2.62. The first-order valence-electron chi connectivity index (χ1n) is 6.63. The zero-order valence-corrected chi connectivity index (χ0v) is 26.8. The van der Waals surface area contributed by atoms with Crippen molar-refractivity contribution in [2.75, 3.05) is 0 Å². The number of carbonyl (C=O) groups is 2. The lowest BCUT2D eigenvalue weighted by molar-refractivity contribution is -0.130. The van der Waals surface area contributed by atoms with E-state index in [-0.39, 0.29) is 0 Å². The third-order valence-corrected chi connectivity index (χ3v) is 11.4. The molecule has 2 atom stereocenters. The van der Waals surface area contributed by atoms with Crippen LogP contribution < -0.4 is 0 Å². The topological polar surface area (TPSA) is 40.6 Å². The van der Waals surface area contributed by atoms with Crippen LogP contribution in [0.25, 0.3) is 5.57 Å². The number of nitrogens with zero attached hydrogens (tertiary/aromatic N) is 2. The summed E-state index contributed by atoms with van der Waals surface area (Å²) < 4.78 is 1.07. The molecule has 1 aliphatic carbocycles. The number of amides is 2. The van der Waals surface area contributed by atoms with Crippen molar-refractivity contribution in [3.8, 4) is 0 Å². The molecular weight excluding hydrogens is 947 g/mol. The van der Waals surface area contributed by atoms with Gasteiger partial charge in [-0.3, -0.25) is 9.59 Å². The van der Waals surface area contributed by atoms with Crippen molar-refractivity contribution in [1.29, 1.82) is 0 Å². The molecule has 0 N–H and O–H groups in total. The van der Waals surface area contributed by atoms with E-state index in [9.17, 15) is 9.59 Å². The Balaban J connectivity index is 2.82. The van der Waals surface area contributed by atoms with Gasteiger partial charge in [-0.15, -0.1) is 0 Å². The molecule has 4 nitrogen and oxygen atoms in total. The van der Waals surface area contributed by atoms with Crippen molar-refractivity contribution >= 4 is 162 Å². The summed E-state index contributed by atoms with van der Waals surface area (Å²) in [6, 6.07) is 7.59. The monoisotopic (exact) mass is 943 g/mol. The maximum absolute atomic E-state index is 13.1. The lowest BCUT2D eigenvalue weighted by Crippen LogP contribution is -2.60. The fourth-order valence-electron chi connectivity index (χ4n) is 2.33. The van der Waals surface area contributed by atoms with Crippen LogP contribution >= 0.6 is 144 Å². The number of halogens is 9. The maximum Gasteiger partial charge on any atom is 0.267 e. The Morgan fingerprint density at radius 1 is 0.815 bits per heavy atom. The van der Waals surface area contributed by atoms with Gasteiger partial charge in [-0.2, -0.15) is 0 Å². The second-order valence-corrected chi connectivity index (χ2v) is 14.8. The van der Waals surface area contributed by atoms with Crippen LogP contribution in [0, 0.1) is 0 Å². The van der Waals surface area contributed by atoms with Gasteiger partial charge < -0.3 is 0 Å². The van der Waals surface area contributed by atoms with Crippen molar-refractivity contribution in [1.82, 2.24) is 5.90 Å². The van der Waals surface area contributed by atoms with E-state index in [0.717, 1.165) is 21.5 Å². The van der Waals surface area contributed by atoms with E-state index in [1.54, 1.807) is 6.08 Å². The predicted octanol–water partition coefficient (Wildman–Crippen LogP) is 8.01. The van der Waals surface area contributed by atoms with Gasteiger partial charge in [0, 0.05) is 13.4 Å². The lowest BCUT2D eigenvalue weighted by atomic mass is 9.82. The SMILES string of the molecule is O=C(N(Br)Br)C1(Br)C=C(c2ccc(Br)cc2)C(Br)=C(Br)C1(Br)C(=O)N(Br)Br. The Morgan fingerprint density at radius 2 is 1.30 bits per heavy atom. The molecule has 0 aliphatic heterocycles. The third kappa shape index (κ3) is 4.61. The average molecular weight is 952 g/mol. The molecule has 0 saturated heterocycles. The molecule has 0 fully saturated rings. The summed E-state index contributed by atoms with van der Waals surface area (Å²) in [6.45, 7) is 0. The highest BCUT2D eigenvalue weighted by Gasteiger charge is 2.63. The first-order valence-corrected chi connectivity index (χ1v) is 13.4. The Bertz CT molecular complexity index is 853. The van der Waals surface area contributed by atoms with Crippen molar-refractivity contribution in [2.45, 2.75) is 8.65 Å². The van der Waals surface area contributed by atoms with Crippen molar-refractivity contribution in [2.24, 2.45) is 0 Å². The highest BCUT2D eigenvalue weighted by Crippen LogP contribution is 2.58. The number of carbonyl (C=O) groups excluding carboxylic acids is 2. The number of alkyl halides is 2. The van der Waals surface area contributed by atoms with E-state index in [4.69, 9.17) is 0 Å². The zero-order chi connectivity index (χ0) is 20.7. The molecule has 2 amide bonds. The molecule has 13 heteroatoms. The molecule has 2 rings (SSSR count). The molecule has 0 heterocycles. The van der Waals surface area contributed by atoms with Crippen molar-refractivity contribution in [3.63, 3.8) is 0 Å². The first kappa shape index (κ1) is 25.2. The molecule has 146 valence electrons. The minimum Gasteiger partial charge on any atom is -0.271 e. The number of hydrogen-bond donors (Lipinski definition) is 0. The second kappa shape index (κ2) is 9.62. The standard InChI is InChI=1S/C14H5Br9N2O2/c15-7-3-1-6(2-4-7)8-5-13(18,11(26)24(20)21)14(19,10(17)9(8)16)12(27)25(22)23/h1-5H. The number of allylic oxidation sites excluding steroid dienone is 2. The highest BCUT2D eigenvalue weighted by atomic mass is 79.9. The van der Waals surface area contributed by atoms with Crippen LogP contribution in [0.5, 0.6) is 0 Å². The van der Waals surface area contributed by atoms with Gasteiger partial charge in [0.1, 0.15) is 0 Å². The van der Waals surface area contributed by atoms with Gasteiger partial charge in [0.15, 0.2) is 8.65 Å². The summed E-state index contributed by atoms with van der Waals surface area (Å²) in [7, 11) is 0. The molecule has 2 unspecified atom stereocenters. The van der Waals surface area contributed by atoms with E-state index >= 15 is 0 Å². The van der Waals surface area contributed by atoms with Gasteiger partial charge >= 0.3 is 0 Å². The first-order chi connectivity index (χ1) is 12.4. The number of hydrogen-bond acceptors (Lipinski definition) is 2. The molecule has 0 bridgehead atoms. The molecule has 0 radical (unpaired) electrons. The van der Waals surface area contributed by atoms with E-state index in [0.29, 0.717) is 8.96 Å². The molecule has 0 aromatic heterocycles. The third-order valence-electron chi connectivity index (χ3n) is 3.64. The molecule has 1 aliphatic rings. The fourth-order valence-corrected chi connectivity index (χ4v) is 7.94. The fraction of sp³-hybridized carbons (Fsp3) is 0.143. The van der Waals surface area contributed by atoms with Crippen molar-refractivity contribution < 1.29 is 9.59 Å². The van der Waals surface area contributed by atoms with E-state index in [2.05, 4.69) is 144 Å². The van der Waals surface area contributed by atoms with Crippen LogP contribution in [0.4, 0.5) is 0 Å². The smallest absolute Gasteiger partial charge is 0.267 e. The van der Waals surface area contributed by atoms with Gasteiger partial charge in [-0.1, -0.05) is 75.9 Å². The van der Waals surface area contributed by atoms with Crippen LogP contribution in [0.3, 0.4) is 0 Å². The normalized spacial score (nSPS) is 25.1. The largest absolute Gasteiger partial charge is 0.271 e. The highest BCUT2D eigenvalue weighted by molar-refractivity contribution is 9.22. The number of benzene rings is 1. The van der Waals surface area contributed by atoms with Crippen molar-refractivity contribution in [3.05, 3.63) is 49.3 Å². The van der Waals surface area contributed by atoms with E-state index in [1.807, 2.05) is 24.3 Å². The maximum atomic E-state index is 13.1. The summed E-state index contributed by atoms with van der Waals surface area (Å²) >= 11 is 29.8. The minimum absolute atomic E-state index is 0.427. The summed E-state index contributed by atoms with van der Waals surface area (Å²) in [4.78, 5) is 26.1. The Morgan fingerprint density at radius 3 is 1.74 bits per heavy atom. The van der Waals surface area contributed by atoms with Crippen LogP contribution in [0.2, 0.25) is 0 Å². The second-order valence-electron chi connectivity index (χ2n) is 5.14. The van der Waals surface area contributed by atoms with Gasteiger partial charge in [0.05, 0.1) is 64.6 Å². The molecule has 1 aromatic rings. The summed E-state index contributed by atoms with van der Waals surface area (Å²) in [6.07, 6.45) is 1.68. The van der Waals surface area contributed by atoms with Gasteiger partial charge in [0.2, 0.25) is 0 Å². The van der Waals surface area contributed by atoms with Gasteiger partial charge in [0.25, 0.3) is 11.8 Å². The lowest BCUT2D eigenvalue weighted by Gasteiger charge is -2.43. The molecule has 27 heavy (non-hydrogen) atoms. The van der Waals surface area contributed by atoms with Crippen LogP contribution in [-0.4, -0.2) is 26.4 Å². The van der Waals surface area contributed by atoms with Gasteiger partial charge in [-0.05, 0) is 45.3 Å². The van der Waals surface area contributed by atoms with Crippen LogP contribution in [0.15, 0.2) is 43.8 Å². The Hall–Kier alpha value is 1.96. The summed E-state index contributed by atoms with van der Waals surface area (Å²) in [5.74, 6) is -0.953. The molecule has 0 spiro atoms. The van der Waals surface area contributed by atoms with Gasteiger partial charge in [-0.25, -0.2) is 5.90 Å². The Labute approximate surface area is 231 Å². The minimum atomic E-state index is -1.51. The Kier molecular flexibility index (Phi) is 8.99. The molecular formula is C14H5Br9N2O2. The van der Waals surface area contributed by atoms with E-state index in [1.165, 1.54) is 0 Å². The predicted molar refractivity (Wildman–Crippen MR) is 140 cm³/mol. The molecule has 0 saturated carbocycles. The quantitative estimate of drug-likeness (QED) is 0.228. The zero-order valence-electron chi connectivity index (χ0n) is 12.5. The number of rotatable bonds is 3.